The molecule has 0 amide bonds. The number of carbonyl (C=O) groups is 1. The summed E-state index contributed by atoms with van der Waals surface area (Å²) < 4.78 is 0.919. The van der Waals surface area contributed by atoms with Crippen molar-refractivity contribution in [3.05, 3.63) is 45.9 Å². The van der Waals surface area contributed by atoms with Crippen LogP contribution in [0.2, 0.25) is 5.02 Å². The molecule has 0 aliphatic rings. The lowest BCUT2D eigenvalue weighted by molar-refractivity contribution is 0.102. The van der Waals surface area contributed by atoms with E-state index in [1.165, 1.54) is 11.8 Å². The van der Waals surface area contributed by atoms with Gasteiger partial charge in [-0.3, -0.25) is 4.79 Å². The summed E-state index contributed by atoms with van der Waals surface area (Å²) in [6.07, 6.45) is 0. The summed E-state index contributed by atoms with van der Waals surface area (Å²) in [5.74, 6) is 0.407. The predicted octanol–water partition coefficient (Wildman–Crippen LogP) is 4.08. The number of nitrogens with zero attached hydrogens (tertiary/aromatic N) is 1. The van der Waals surface area contributed by atoms with E-state index in [-0.39, 0.29) is 5.78 Å². The molecule has 2 rings (SSSR count). The molecule has 0 bridgehead atoms. The van der Waals surface area contributed by atoms with Crippen LogP contribution in [0.5, 0.6) is 0 Å². The molecule has 0 aliphatic heterocycles. The number of rotatable bonds is 4. The van der Waals surface area contributed by atoms with E-state index in [0.717, 1.165) is 10.0 Å². The number of thiazole rings is 1. The first-order valence-corrected chi connectivity index (χ1v) is 7.24. The molecule has 0 saturated heterocycles. The Morgan fingerprint density at radius 3 is 2.88 bits per heavy atom. The fourth-order valence-electron chi connectivity index (χ4n) is 1.29. The van der Waals surface area contributed by atoms with E-state index >= 15 is 0 Å². The Balaban J connectivity index is 2.01. The van der Waals surface area contributed by atoms with Gasteiger partial charge in [0.05, 0.1) is 10.8 Å². The largest absolute Gasteiger partial charge is 0.293 e. The van der Waals surface area contributed by atoms with Gasteiger partial charge >= 0.3 is 0 Å². The van der Waals surface area contributed by atoms with Crippen LogP contribution in [0.1, 0.15) is 16.1 Å². The van der Waals surface area contributed by atoms with Gasteiger partial charge in [0, 0.05) is 16.6 Å². The van der Waals surface area contributed by atoms with Crippen LogP contribution in [0.3, 0.4) is 0 Å². The molecule has 0 spiro atoms. The molecule has 17 heavy (non-hydrogen) atoms. The van der Waals surface area contributed by atoms with Gasteiger partial charge in [0.2, 0.25) is 0 Å². The summed E-state index contributed by atoms with van der Waals surface area (Å²) >= 11 is 8.97. The third-order valence-corrected chi connectivity index (χ3v) is 4.57. The molecule has 1 aromatic heterocycles. The summed E-state index contributed by atoms with van der Waals surface area (Å²) in [7, 11) is 0. The van der Waals surface area contributed by atoms with Crippen molar-refractivity contribution in [3.63, 3.8) is 0 Å². The molecule has 0 atom stereocenters. The van der Waals surface area contributed by atoms with Crippen LogP contribution >= 0.6 is 34.7 Å². The molecule has 0 fully saturated rings. The molecule has 2 nitrogen and oxygen atoms in total. The van der Waals surface area contributed by atoms with Crippen molar-refractivity contribution in [1.82, 2.24) is 4.98 Å². The first-order chi connectivity index (χ1) is 8.16. The summed E-state index contributed by atoms with van der Waals surface area (Å²) in [5.41, 5.74) is 1.57. The van der Waals surface area contributed by atoms with Crippen LogP contribution in [-0.4, -0.2) is 16.5 Å². The lowest BCUT2D eigenvalue weighted by Gasteiger charge is -2.01. The van der Waals surface area contributed by atoms with Crippen molar-refractivity contribution in [1.29, 1.82) is 0 Å². The molecule has 0 aliphatic carbocycles. The van der Waals surface area contributed by atoms with Gasteiger partial charge in [0.1, 0.15) is 0 Å². The fourth-order valence-corrected chi connectivity index (χ4v) is 3.26. The number of ketones is 1. The average Bonchev–Trinajstić information content (AvgIpc) is 2.73. The second-order valence-electron chi connectivity index (χ2n) is 3.45. The molecule has 0 saturated carbocycles. The lowest BCUT2D eigenvalue weighted by atomic mass is 10.1. The van der Waals surface area contributed by atoms with Crippen LogP contribution < -0.4 is 0 Å². The predicted molar refractivity (Wildman–Crippen MR) is 73.4 cm³/mol. The van der Waals surface area contributed by atoms with Crippen molar-refractivity contribution >= 4 is 40.5 Å². The first kappa shape index (κ1) is 12.6. The van der Waals surface area contributed by atoms with E-state index in [2.05, 4.69) is 4.98 Å². The van der Waals surface area contributed by atoms with Crippen molar-refractivity contribution < 1.29 is 4.79 Å². The standard InChI is InChI=1S/C12H10ClNOS2/c1-8-6-16-12(14-8)17-7-11(15)9-4-2-3-5-10(9)13/h2-6H,7H2,1H3. The quantitative estimate of drug-likeness (QED) is 0.625. The number of halogens is 1. The number of aromatic nitrogens is 1. The number of aryl methyl sites for hydroxylation is 1. The Bertz CT molecular complexity index is 539. The number of benzene rings is 1. The summed E-state index contributed by atoms with van der Waals surface area (Å²) in [5, 5.41) is 2.48. The van der Waals surface area contributed by atoms with Crippen LogP contribution in [0.15, 0.2) is 34.0 Å². The molecule has 0 N–H and O–H groups in total. The third-order valence-electron chi connectivity index (χ3n) is 2.10. The Morgan fingerprint density at radius 2 is 2.24 bits per heavy atom. The third kappa shape index (κ3) is 3.31. The molecular weight excluding hydrogens is 274 g/mol. The van der Waals surface area contributed by atoms with Gasteiger partial charge in [0.25, 0.3) is 0 Å². The van der Waals surface area contributed by atoms with Crippen LogP contribution in [-0.2, 0) is 0 Å². The van der Waals surface area contributed by atoms with Gasteiger partial charge in [-0.05, 0) is 19.1 Å². The van der Waals surface area contributed by atoms with Crippen molar-refractivity contribution in [2.45, 2.75) is 11.3 Å². The number of carbonyl (C=O) groups excluding carboxylic acids is 1. The number of thioether (sulfide) groups is 1. The zero-order valence-electron chi connectivity index (χ0n) is 9.14. The van der Waals surface area contributed by atoms with Crippen molar-refractivity contribution in [2.24, 2.45) is 0 Å². The highest BCUT2D eigenvalue weighted by Crippen LogP contribution is 2.24. The van der Waals surface area contributed by atoms with E-state index in [4.69, 9.17) is 11.6 Å². The number of Topliss-reactive ketones (excluding diaryl/α,β-unsaturated/α-hetero) is 1. The first-order valence-electron chi connectivity index (χ1n) is 4.99. The SMILES string of the molecule is Cc1csc(SCC(=O)c2ccccc2Cl)n1. The Labute approximate surface area is 113 Å². The maximum Gasteiger partial charge on any atom is 0.174 e. The molecule has 88 valence electrons. The minimum atomic E-state index is 0.0356. The second kappa shape index (κ2) is 5.67. The molecule has 1 aromatic carbocycles. The van der Waals surface area contributed by atoms with Gasteiger partial charge < -0.3 is 0 Å². The normalized spacial score (nSPS) is 10.5. The second-order valence-corrected chi connectivity index (χ2v) is 5.93. The van der Waals surface area contributed by atoms with Gasteiger partial charge in [-0.15, -0.1) is 11.3 Å². The van der Waals surface area contributed by atoms with Gasteiger partial charge in [0.15, 0.2) is 10.1 Å². The molecule has 5 heteroatoms. The summed E-state index contributed by atoms with van der Waals surface area (Å²) in [4.78, 5) is 16.2. The zero-order chi connectivity index (χ0) is 12.3. The molecular formula is C12H10ClNOS2. The van der Waals surface area contributed by atoms with E-state index in [0.29, 0.717) is 16.3 Å². The minimum Gasteiger partial charge on any atom is -0.293 e. The monoisotopic (exact) mass is 283 g/mol. The lowest BCUT2D eigenvalue weighted by Crippen LogP contribution is -2.02. The van der Waals surface area contributed by atoms with Crippen LogP contribution in [0.25, 0.3) is 0 Å². The topological polar surface area (TPSA) is 30.0 Å². The van der Waals surface area contributed by atoms with Gasteiger partial charge in [-0.2, -0.15) is 0 Å². The van der Waals surface area contributed by atoms with Crippen LogP contribution in [0, 0.1) is 6.92 Å². The van der Waals surface area contributed by atoms with Crippen molar-refractivity contribution in [3.8, 4) is 0 Å². The van der Waals surface area contributed by atoms with Gasteiger partial charge in [-0.25, -0.2) is 4.98 Å². The number of hydrogen-bond donors (Lipinski definition) is 0. The highest BCUT2D eigenvalue weighted by molar-refractivity contribution is 8.01. The van der Waals surface area contributed by atoms with Gasteiger partial charge in [-0.1, -0.05) is 35.5 Å². The summed E-state index contributed by atoms with van der Waals surface area (Å²) in [6.45, 7) is 1.94. The van der Waals surface area contributed by atoms with Crippen LogP contribution in [0.4, 0.5) is 0 Å². The number of hydrogen-bond acceptors (Lipinski definition) is 4. The van der Waals surface area contributed by atoms with E-state index in [9.17, 15) is 4.79 Å². The molecule has 2 aromatic rings. The fraction of sp³-hybridized carbons (Fsp3) is 0.167. The maximum atomic E-state index is 11.9. The minimum absolute atomic E-state index is 0.0356. The molecule has 0 radical (unpaired) electrons. The highest BCUT2D eigenvalue weighted by atomic mass is 35.5. The molecule has 0 unspecified atom stereocenters. The van der Waals surface area contributed by atoms with E-state index in [1.807, 2.05) is 24.4 Å². The van der Waals surface area contributed by atoms with Crippen molar-refractivity contribution in [2.75, 3.05) is 5.75 Å². The van der Waals surface area contributed by atoms with E-state index < -0.39 is 0 Å². The Hall–Kier alpha value is -0.840. The summed E-state index contributed by atoms with van der Waals surface area (Å²) in [6, 6.07) is 7.11. The Kier molecular flexibility index (Phi) is 4.20. The smallest absolute Gasteiger partial charge is 0.174 e. The highest BCUT2D eigenvalue weighted by Gasteiger charge is 2.11. The maximum absolute atomic E-state index is 11.9. The Morgan fingerprint density at radius 1 is 1.47 bits per heavy atom. The van der Waals surface area contributed by atoms with E-state index in [1.54, 1.807) is 23.5 Å². The average molecular weight is 284 g/mol. The zero-order valence-corrected chi connectivity index (χ0v) is 11.5. The molecule has 1 heterocycles.